The molecule has 4 saturated heterocycles. The van der Waals surface area contributed by atoms with Gasteiger partial charge in [0.2, 0.25) is 0 Å². The molecule has 6 aromatic rings. The second-order valence-corrected chi connectivity index (χ2v) is 31.3. The summed E-state index contributed by atoms with van der Waals surface area (Å²) >= 11 is 0. The van der Waals surface area contributed by atoms with Crippen molar-refractivity contribution in [3.8, 4) is 23.6 Å². The summed E-state index contributed by atoms with van der Waals surface area (Å²) in [5.41, 5.74) is 9.92. The van der Waals surface area contributed by atoms with E-state index in [0.717, 1.165) is 174 Å². The minimum Gasteiger partial charge on any atom is -0.870 e. The van der Waals surface area contributed by atoms with Gasteiger partial charge in [-0.1, -0.05) is 55.4 Å². The van der Waals surface area contributed by atoms with Gasteiger partial charge in [0.05, 0.1) is 54.1 Å². The van der Waals surface area contributed by atoms with Crippen molar-refractivity contribution in [3.05, 3.63) is 165 Å². The Morgan fingerprint density at radius 2 is 0.796 bits per heavy atom. The molecule has 0 unspecified atom stereocenters. The minimum absolute atomic E-state index is 0. The molecule has 22 heteroatoms. The van der Waals surface area contributed by atoms with Gasteiger partial charge in [-0.05, 0) is 185 Å². The Morgan fingerprint density at radius 1 is 0.485 bits per heavy atom. The van der Waals surface area contributed by atoms with E-state index in [-0.39, 0.29) is 98.5 Å². The van der Waals surface area contributed by atoms with Gasteiger partial charge in [0, 0.05) is 148 Å². The van der Waals surface area contributed by atoms with E-state index in [2.05, 4.69) is 142 Å². The van der Waals surface area contributed by atoms with E-state index in [0.29, 0.717) is 39.8 Å². The summed E-state index contributed by atoms with van der Waals surface area (Å²) in [7, 11) is 1.37. The summed E-state index contributed by atoms with van der Waals surface area (Å²) in [5, 5.41) is 34.7. The zero-order valence-electron chi connectivity index (χ0n) is 62.8. The third kappa shape index (κ3) is 17.3. The van der Waals surface area contributed by atoms with Gasteiger partial charge in [-0.25, -0.2) is 19.6 Å². The van der Waals surface area contributed by atoms with Gasteiger partial charge in [0.25, 0.3) is 11.8 Å². The number of nitrogens with one attached hydrogen (secondary N) is 2. The number of nitrogens with zero attached hydrogens (tertiary/aromatic N) is 10. The fourth-order valence-electron chi connectivity index (χ4n) is 17.6. The van der Waals surface area contributed by atoms with E-state index in [1.807, 2.05) is 88.4 Å². The fraction of sp³-hybridized carbons (Fsp3) is 0.506. The van der Waals surface area contributed by atoms with E-state index >= 15 is 0 Å². The second-order valence-electron chi connectivity index (χ2n) is 31.3. The average molecular weight is 1410 g/mol. The Labute approximate surface area is 630 Å². The Balaban J connectivity index is 0.000000235. The summed E-state index contributed by atoms with van der Waals surface area (Å²) in [4.78, 5) is 72.7. The fourth-order valence-corrected chi connectivity index (χ4v) is 17.6. The summed E-state index contributed by atoms with van der Waals surface area (Å²) < 4.78 is 17.8. The van der Waals surface area contributed by atoms with Crippen LogP contribution in [0.5, 0.6) is 11.5 Å². The summed E-state index contributed by atoms with van der Waals surface area (Å²) in [6.45, 7) is 38.9. The maximum absolute atomic E-state index is 13.5. The predicted molar refractivity (Wildman–Crippen MR) is 396 cm³/mol. The number of carboxylic acids is 1. The number of anilines is 4. The van der Waals surface area contributed by atoms with Crippen LogP contribution >= 0.6 is 0 Å². The van der Waals surface area contributed by atoms with Crippen LogP contribution < -0.4 is 69.3 Å². The number of esters is 1. The monoisotopic (exact) mass is 1410 g/mol. The van der Waals surface area contributed by atoms with Crippen LogP contribution in [0.3, 0.4) is 0 Å². The number of ether oxygens (including phenoxy) is 3. The molecule has 2 saturated carbocycles. The molecule has 542 valence electrons. The third-order valence-corrected chi connectivity index (χ3v) is 22.8. The SMILES string of the molecule is COC(=O)c1ccc(N2CCN(CC3CCN(c4ccc(C(=O)NC5C(C)(C)C(Oc6cc(C)c(C#N)c(C)c6)C5(C)C)cc4)CC3)CC2)cn1.Cc1cc(OC2C(C)(C)C(NC(=O)c3ccc(N4CCC(CN5CCN(c6ccc(C(=O)O)nc6)CC5)CC4)cc3)C2(C)C)cc(C)c1C#N.[Na+].[OH-]. The molecule has 21 nitrogen and oxygen atoms in total. The topological polar surface area (TPSA) is 263 Å². The molecule has 0 spiro atoms. The van der Waals surface area contributed by atoms with Crippen molar-refractivity contribution in [3.63, 3.8) is 0 Å². The molecule has 0 radical (unpaired) electrons. The Bertz CT molecular complexity index is 3970. The molecule has 103 heavy (non-hydrogen) atoms. The molecule has 2 aromatic heterocycles. The zero-order valence-corrected chi connectivity index (χ0v) is 64.8. The van der Waals surface area contributed by atoms with Crippen molar-refractivity contribution in [1.82, 2.24) is 30.4 Å². The van der Waals surface area contributed by atoms with Crippen molar-refractivity contribution >= 4 is 46.5 Å². The molecular weight excluding hydrogens is 1310 g/mol. The molecule has 2 amide bonds. The smallest absolute Gasteiger partial charge is 0.870 e. The van der Waals surface area contributed by atoms with E-state index in [9.17, 15) is 29.7 Å². The standard InChI is InChI=1S/C41H52N6O4.C40H50N6O4.Na.H2O/c1-27-22-33(23-28(2)34(27)24-42)51-39-40(3,4)38(41(39,5)6)44-36(48)30-8-10-31(11-9-30)46-16-14-29(15-17-46)26-45-18-20-47(21-19-45)32-12-13-35(43-25-32)37(49)50-7;1-26-21-32(22-27(2)33(26)23-41)50-38-39(3,4)37(40(38,5)6)43-35(47)29-7-9-30(10-8-29)45-15-13-28(14-16-45)25-44-17-19-46(20-18-44)31-11-12-34(36(48)49)42-24-31;;/h8-13,22-23,25,29,38-39H,14-21,26H2,1-7H3,(H,44,48);7-12,21-22,24,28,37-38H,13-20,25H2,1-6H3,(H,43,47)(H,48,49);;1H2/q;;+1;/p-1. The van der Waals surface area contributed by atoms with Crippen LogP contribution in [0.25, 0.3) is 0 Å². The number of carbonyl (C=O) groups excluding carboxylic acids is 3. The van der Waals surface area contributed by atoms with Gasteiger partial charge in [0.15, 0.2) is 0 Å². The Morgan fingerprint density at radius 3 is 1.09 bits per heavy atom. The van der Waals surface area contributed by atoms with E-state index in [1.165, 1.54) is 7.11 Å². The molecule has 6 heterocycles. The van der Waals surface area contributed by atoms with Crippen molar-refractivity contribution in [1.29, 1.82) is 10.5 Å². The normalized spacial score (nSPS) is 21.4. The number of aromatic nitrogens is 2. The van der Waals surface area contributed by atoms with Gasteiger partial charge in [-0.15, -0.1) is 0 Å². The number of aromatic carboxylic acids is 1. The molecular formula is C81H103N12NaO9. The van der Waals surface area contributed by atoms with Crippen LogP contribution in [-0.2, 0) is 4.74 Å². The van der Waals surface area contributed by atoms with Crippen LogP contribution in [0.2, 0.25) is 0 Å². The van der Waals surface area contributed by atoms with Crippen LogP contribution in [0, 0.1) is 83.9 Å². The number of carbonyl (C=O) groups is 4. The van der Waals surface area contributed by atoms with E-state index < -0.39 is 11.9 Å². The predicted octanol–water partition coefficient (Wildman–Crippen LogP) is 8.75. The summed E-state index contributed by atoms with van der Waals surface area (Å²) in [6, 6.07) is 35.3. The van der Waals surface area contributed by atoms with Crippen LogP contribution in [0.15, 0.2) is 109 Å². The summed E-state index contributed by atoms with van der Waals surface area (Å²) in [5.74, 6) is 1.30. The van der Waals surface area contributed by atoms with Crippen molar-refractivity contribution in [2.45, 2.75) is 133 Å². The number of hydrogen-bond donors (Lipinski definition) is 3. The molecule has 0 atom stereocenters. The number of piperazine rings is 2. The zero-order chi connectivity index (χ0) is 72.3. The number of amides is 2. The molecule has 12 rings (SSSR count). The van der Waals surface area contributed by atoms with E-state index in [1.54, 1.807) is 24.5 Å². The minimum atomic E-state index is -1.00. The largest absolute Gasteiger partial charge is 1.00 e. The number of hydrogen-bond acceptors (Lipinski definition) is 18. The van der Waals surface area contributed by atoms with Crippen LogP contribution in [0.4, 0.5) is 22.7 Å². The van der Waals surface area contributed by atoms with Crippen molar-refractivity contribution < 1.29 is 73.5 Å². The number of piperidine rings is 2. The molecule has 0 bridgehead atoms. The number of methoxy groups -OCH3 is 1. The first-order valence-corrected chi connectivity index (χ1v) is 36.0. The number of aryl methyl sites for hydroxylation is 4. The maximum atomic E-state index is 13.5. The van der Waals surface area contributed by atoms with E-state index in [4.69, 9.17) is 19.3 Å². The first kappa shape index (κ1) is 78.8. The molecule has 4 aromatic carbocycles. The number of benzene rings is 4. The first-order valence-electron chi connectivity index (χ1n) is 36.0. The van der Waals surface area contributed by atoms with Gasteiger partial charge >= 0.3 is 41.5 Å². The van der Waals surface area contributed by atoms with Crippen molar-refractivity contribution in [2.75, 3.05) is 118 Å². The molecule has 2 aliphatic carbocycles. The average Bonchev–Trinajstić information content (AvgIpc) is 0.713. The first-order chi connectivity index (χ1) is 48.1. The van der Waals surface area contributed by atoms with Crippen molar-refractivity contribution in [2.24, 2.45) is 33.5 Å². The van der Waals surface area contributed by atoms with Crippen LogP contribution in [0.1, 0.15) is 156 Å². The number of nitriles is 2. The Hall–Kier alpha value is -8.28. The number of carboxylic acid groups (broad SMARTS) is 1. The molecule has 6 aliphatic rings. The number of rotatable bonds is 18. The molecule has 4 aliphatic heterocycles. The number of pyridine rings is 2. The summed E-state index contributed by atoms with van der Waals surface area (Å²) in [6.07, 6.45) is 7.79. The quantitative estimate of drug-likeness (QED) is 0.0536. The Kier molecular flexibility index (Phi) is 25.1. The van der Waals surface area contributed by atoms with Gasteiger partial charge < -0.3 is 55.0 Å². The second kappa shape index (κ2) is 32.8. The van der Waals surface area contributed by atoms with Gasteiger partial charge in [-0.3, -0.25) is 19.4 Å². The van der Waals surface area contributed by atoms with Crippen LogP contribution in [-0.4, -0.2) is 177 Å². The van der Waals surface area contributed by atoms with Gasteiger partial charge in [-0.2, -0.15) is 10.5 Å². The molecule has 4 N–H and O–H groups in total. The van der Waals surface area contributed by atoms with Gasteiger partial charge in [0.1, 0.15) is 35.1 Å². The third-order valence-electron chi connectivity index (χ3n) is 22.8. The molecule has 6 fully saturated rings. The maximum Gasteiger partial charge on any atom is 1.00 e.